The minimum absolute atomic E-state index is 0.000648. The van der Waals surface area contributed by atoms with E-state index in [0.717, 1.165) is 44.9 Å². The van der Waals surface area contributed by atoms with Crippen molar-refractivity contribution in [3.8, 4) is 0 Å². The predicted octanol–water partition coefficient (Wildman–Crippen LogP) is 20.6. The summed E-state index contributed by atoms with van der Waals surface area (Å²) in [6.45, 7) is 4.70. The molecule has 8 nitrogen and oxygen atoms in total. The van der Waals surface area contributed by atoms with Gasteiger partial charge in [-0.05, 0) is 51.4 Å². The normalized spacial score (nSPS) is 13.9. The van der Waals surface area contributed by atoms with Gasteiger partial charge in [0.25, 0.3) is 7.82 Å². The molecule has 0 aliphatic rings. The lowest BCUT2D eigenvalue weighted by Gasteiger charge is -2.29. The second-order valence-corrected chi connectivity index (χ2v) is 25.9. The summed E-state index contributed by atoms with van der Waals surface area (Å²) in [5.74, 6) is -0.192. The molecular weight excluding hydrogens is 972 g/mol. The van der Waals surface area contributed by atoms with E-state index in [9.17, 15) is 19.4 Å². The third kappa shape index (κ3) is 62.2. The van der Waals surface area contributed by atoms with E-state index in [0.29, 0.717) is 17.4 Å². The molecule has 0 bridgehead atoms. The van der Waals surface area contributed by atoms with Gasteiger partial charge in [-0.25, -0.2) is 0 Å². The number of allylic oxidation sites excluding steroid dienone is 5. The molecule has 3 atom stereocenters. The van der Waals surface area contributed by atoms with Crippen LogP contribution in [-0.4, -0.2) is 68.5 Å². The van der Waals surface area contributed by atoms with Crippen LogP contribution < -0.4 is 10.2 Å². The van der Waals surface area contributed by atoms with Gasteiger partial charge in [0.15, 0.2) is 0 Å². The Balaban J connectivity index is 4.01. The van der Waals surface area contributed by atoms with E-state index in [1.54, 1.807) is 6.08 Å². The number of amides is 1. The first kappa shape index (κ1) is 75.7. The molecule has 9 heteroatoms. The topological polar surface area (TPSA) is 108 Å². The number of rotatable bonds is 63. The van der Waals surface area contributed by atoms with Gasteiger partial charge in [0.2, 0.25) is 5.91 Å². The number of carbonyl (C=O) groups is 1. The van der Waals surface area contributed by atoms with Crippen LogP contribution in [0.5, 0.6) is 0 Å². The number of phosphoric ester groups is 1. The summed E-state index contributed by atoms with van der Waals surface area (Å²) < 4.78 is 23.4. The zero-order valence-electron chi connectivity index (χ0n) is 52.2. The molecule has 0 saturated heterocycles. The fraction of sp³-hybridized carbons (Fsp3) is 0.897. The zero-order chi connectivity index (χ0) is 56.3. The van der Waals surface area contributed by atoms with Crippen molar-refractivity contribution in [2.45, 2.75) is 353 Å². The summed E-state index contributed by atoms with van der Waals surface area (Å²) in [7, 11) is 1.28. The highest BCUT2D eigenvalue weighted by molar-refractivity contribution is 7.45. The van der Waals surface area contributed by atoms with Crippen LogP contribution in [0.15, 0.2) is 36.5 Å². The number of nitrogens with one attached hydrogen (secondary N) is 1. The van der Waals surface area contributed by atoms with Crippen molar-refractivity contribution >= 4 is 13.7 Å². The molecule has 0 aromatic carbocycles. The Hall–Kier alpha value is -1.28. The third-order valence-electron chi connectivity index (χ3n) is 15.6. The molecule has 0 fully saturated rings. The van der Waals surface area contributed by atoms with E-state index >= 15 is 0 Å². The first-order valence-electron chi connectivity index (χ1n) is 33.9. The quantitative estimate of drug-likeness (QED) is 0.0272. The van der Waals surface area contributed by atoms with Crippen LogP contribution in [0.4, 0.5) is 0 Å². The Morgan fingerprint density at radius 3 is 1.08 bits per heavy atom. The average Bonchev–Trinajstić information content (AvgIpc) is 3.39. The lowest BCUT2D eigenvalue weighted by molar-refractivity contribution is -0.870. The summed E-state index contributed by atoms with van der Waals surface area (Å²) in [6, 6.07) is -0.886. The van der Waals surface area contributed by atoms with Crippen molar-refractivity contribution in [2.75, 3.05) is 40.9 Å². The largest absolute Gasteiger partial charge is 0.756 e. The monoisotopic (exact) mass is 1100 g/mol. The van der Waals surface area contributed by atoms with Gasteiger partial charge in [0.05, 0.1) is 39.9 Å². The summed E-state index contributed by atoms with van der Waals surface area (Å²) in [4.78, 5) is 25.6. The summed E-state index contributed by atoms with van der Waals surface area (Å²) in [5.41, 5.74) is 0. The van der Waals surface area contributed by atoms with Crippen molar-refractivity contribution in [3.63, 3.8) is 0 Å². The molecule has 3 unspecified atom stereocenters. The fourth-order valence-corrected chi connectivity index (χ4v) is 11.0. The SMILES string of the molecule is CCCCCCCCCCCCC/C=C\C/C=C\CCCCCCCCCCCCCCCCCCCC(=O)NC(COP(=O)([O-])OCC[N+](C)(C)C)C(O)/C=C/CCCCCCCCCCCCCCCCCCCC. The standard InChI is InChI=1S/C68H133N2O6P/c1-6-8-10-12-14-16-18-20-22-24-26-28-29-30-31-32-33-34-35-36-37-38-39-40-41-42-44-46-48-50-52-54-56-58-60-62-68(72)69-66(65-76-77(73,74)75-64-63-70(3,4)5)67(71)61-59-57-55-53-51-49-47-45-43-27-25-23-21-19-17-15-13-11-9-7-2/h29-30,32-33,59,61,66-67,71H,6-28,31,34-58,60,62-65H2,1-5H3,(H-,69,72,73,74)/b30-29-,33-32-,61-59+. The van der Waals surface area contributed by atoms with Crippen LogP contribution in [0.25, 0.3) is 0 Å². The van der Waals surface area contributed by atoms with Crippen LogP contribution in [0.2, 0.25) is 0 Å². The van der Waals surface area contributed by atoms with Crippen molar-refractivity contribution in [2.24, 2.45) is 0 Å². The lowest BCUT2D eigenvalue weighted by atomic mass is 10.0. The molecule has 0 heterocycles. The number of unbranched alkanes of at least 4 members (excludes halogenated alkanes) is 46. The molecule has 0 aliphatic heterocycles. The number of carbonyl (C=O) groups excluding carboxylic acids is 1. The van der Waals surface area contributed by atoms with E-state index < -0.39 is 20.0 Å². The van der Waals surface area contributed by atoms with Gasteiger partial charge in [0, 0.05) is 6.42 Å². The van der Waals surface area contributed by atoms with E-state index in [4.69, 9.17) is 9.05 Å². The number of hydrogen-bond donors (Lipinski definition) is 2. The van der Waals surface area contributed by atoms with Crippen molar-refractivity contribution < 1.29 is 32.9 Å². The Morgan fingerprint density at radius 1 is 0.455 bits per heavy atom. The Kier molecular flexibility index (Phi) is 58.4. The first-order valence-corrected chi connectivity index (χ1v) is 35.3. The van der Waals surface area contributed by atoms with E-state index in [2.05, 4.69) is 43.5 Å². The maximum absolute atomic E-state index is 13.0. The summed E-state index contributed by atoms with van der Waals surface area (Å²) in [6.07, 6.45) is 78.3. The number of quaternary nitrogens is 1. The van der Waals surface area contributed by atoms with Gasteiger partial charge >= 0.3 is 0 Å². The molecule has 2 N–H and O–H groups in total. The van der Waals surface area contributed by atoms with Crippen molar-refractivity contribution in [1.29, 1.82) is 0 Å². The van der Waals surface area contributed by atoms with E-state index in [1.165, 1.54) is 276 Å². The van der Waals surface area contributed by atoms with Gasteiger partial charge in [0.1, 0.15) is 13.2 Å². The maximum Gasteiger partial charge on any atom is 0.268 e. The van der Waals surface area contributed by atoms with Crippen LogP contribution in [0.3, 0.4) is 0 Å². The molecule has 77 heavy (non-hydrogen) atoms. The van der Waals surface area contributed by atoms with Gasteiger partial charge in [-0.3, -0.25) is 9.36 Å². The lowest BCUT2D eigenvalue weighted by Crippen LogP contribution is -2.45. The molecule has 0 rings (SSSR count). The predicted molar refractivity (Wildman–Crippen MR) is 335 cm³/mol. The Bertz CT molecular complexity index is 1350. The number of hydrogen-bond acceptors (Lipinski definition) is 6. The van der Waals surface area contributed by atoms with Crippen LogP contribution in [0, 0.1) is 0 Å². The van der Waals surface area contributed by atoms with Crippen molar-refractivity contribution in [3.05, 3.63) is 36.5 Å². The minimum atomic E-state index is -4.60. The molecule has 0 aromatic rings. The molecule has 0 radical (unpaired) electrons. The zero-order valence-corrected chi connectivity index (χ0v) is 53.1. The Labute approximate surface area is 480 Å². The Morgan fingerprint density at radius 2 is 0.753 bits per heavy atom. The van der Waals surface area contributed by atoms with Crippen LogP contribution in [0.1, 0.15) is 341 Å². The second-order valence-electron chi connectivity index (χ2n) is 24.5. The first-order chi connectivity index (χ1) is 37.5. The molecule has 0 aliphatic carbocycles. The highest BCUT2D eigenvalue weighted by Gasteiger charge is 2.23. The number of phosphoric acid groups is 1. The fourth-order valence-electron chi connectivity index (χ4n) is 10.3. The molecule has 0 saturated carbocycles. The number of aliphatic hydroxyl groups excluding tert-OH is 1. The van der Waals surface area contributed by atoms with Gasteiger partial charge in [-0.2, -0.15) is 0 Å². The number of aliphatic hydroxyl groups is 1. The number of nitrogens with zero attached hydrogens (tertiary/aromatic N) is 1. The molecular formula is C68H133N2O6P. The summed E-state index contributed by atoms with van der Waals surface area (Å²) in [5, 5.41) is 13.9. The minimum Gasteiger partial charge on any atom is -0.756 e. The molecule has 0 spiro atoms. The second kappa shape index (κ2) is 59.3. The smallest absolute Gasteiger partial charge is 0.268 e. The highest BCUT2D eigenvalue weighted by Crippen LogP contribution is 2.38. The maximum atomic E-state index is 13.0. The highest BCUT2D eigenvalue weighted by atomic mass is 31.2. The van der Waals surface area contributed by atoms with E-state index in [1.807, 2.05) is 27.2 Å². The molecule has 0 aromatic heterocycles. The van der Waals surface area contributed by atoms with Crippen LogP contribution >= 0.6 is 7.82 Å². The van der Waals surface area contributed by atoms with E-state index in [-0.39, 0.29) is 19.1 Å². The summed E-state index contributed by atoms with van der Waals surface area (Å²) >= 11 is 0. The van der Waals surface area contributed by atoms with Gasteiger partial charge in [-0.15, -0.1) is 0 Å². The van der Waals surface area contributed by atoms with Gasteiger partial charge < -0.3 is 28.8 Å². The third-order valence-corrected chi connectivity index (χ3v) is 16.6. The van der Waals surface area contributed by atoms with Gasteiger partial charge in [-0.1, -0.05) is 320 Å². The number of likely N-dealkylation sites (N-methyl/N-ethyl adjacent to an activating group) is 1. The molecule has 1 amide bonds. The average molecular weight is 1110 g/mol. The van der Waals surface area contributed by atoms with Crippen molar-refractivity contribution in [1.82, 2.24) is 5.32 Å². The molecule has 456 valence electrons. The van der Waals surface area contributed by atoms with Crippen LogP contribution in [-0.2, 0) is 18.4 Å².